The van der Waals surface area contributed by atoms with Crippen LogP contribution in [0.25, 0.3) is 0 Å². The molecule has 16 nitrogen and oxygen atoms in total. The van der Waals surface area contributed by atoms with E-state index in [4.69, 9.17) is 14.4 Å². The van der Waals surface area contributed by atoms with Crippen LogP contribution in [-0.2, 0) is 54.2 Å². The summed E-state index contributed by atoms with van der Waals surface area (Å²) in [4.78, 5) is 35.8. The van der Waals surface area contributed by atoms with E-state index in [9.17, 15) is 31.0 Å². The lowest BCUT2D eigenvalue weighted by Crippen LogP contribution is -3.00. The van der Waals surface area contributed by atoms with Crippen LogP contribution in [0.15, 0.2) is 208 Å². The molecule has 19 heteroatoms. The van der Waals surface area contributed by atoms with Crippen LogP contribution in [0.2, 0.25) is 0 Å². The molecule has 0 aliphatic rings. The molecule has 0 fully saturated rings. The van der Waals surface area contributed by atoms with Crippen molar-refractivity contribution in [3.8, 4) is 0 Å². The van der Waals surface area contributed by atoms with Crippen LogP contribution in [0, 0.1) is 5.92 Å². The molecule has 6 aromatic heterocycles. The molecule has 0 saturated carbocycles. The quantitative estimate of drug-likeness (QED) is 0.0158. The number of carboxylic acids is 1. The van der Waals surface area contributed by atoms with Crippen molar-refractivity contribution in [2.45, 2.75) is 225 Å². The number of halogens is 1. The maximum absolute atomic E-state index is 12.5. The summed E-state index contributed by atoms with van der Waals surface area (Å²) in [7, 11) is -8.09. The van der Waals surface area contributed by atoms with Gasteiger partial charge in [0.15, 0.2) is 37.2 Å². The smallest absolute Gasteiger partial charge is 0.308 e. The van der Waals surface area contributed by atoms with E-state index in [1.807, 2.05) is 77.8 Å². The molecule has 2 N–H and O–H groups in total. The fourth-order valence-corrected chi connectivity index (χ4v) is 14.6. The first-order chi connectivity index (χ1) is 48.6. The van der Waals surface area contributed by atoms with Crippen LogP contribution in [0.4, 0.5) is 0 Å². The Balaban J connectivity index is 0.000000274. The van der Waals surface area contributed by atoms with Gasteiger partial charge in [-0.05, 0) is 205 Å². The lowest BCUT2D eigenvalue weighted by molar-refractivity contribution is -0.697. The van der Waals surface area contributed by atoms with E-state index in [1.54, 1.807) is 12.4 Å². The fraction of sp³-hybridized carbons (Fsp3) is 0.470. The van der Waals surface area contributed by atoms with Crippen molar-refractivity contribution in [1.29, 1.82) is 0 Å². The molecule has 0 bridgehead atoms. The number of unbranched alkanes of at least 4 members (excludes halogenated alkanes) is 3. The lowest BCUT2D eigenvalue weighted by atomic mass is 9.79. The molecule has 0 amide bonds. The second-order valence-corrected chi connectivity index (χ2v) is 30.4. The highest BCUT2D eigenvalue weighted by Gasteiger charge is 2.27. The second-order valence-electron chi connectivity index (χ2n) is 27.3. The van der Waals surface area contributed by atoms with Gasteiger partial charge in [0.05, 0.1) is 28.4 Å². The minimum atomic E-state index is -4.16. The number of hydrogen-bond donors (Lipinski definition) is 2. The summed E-state index contributed by atoms with van der Waals surface area (Å²) < 4.78 is 74.8. The Morgan fingerprint density at radius 2 is 0.775 bits per heavy atom. The lowest BCUT2D eigenvalue weighted by Gasteiger charge is -2.26. The molecule has 9 atom stereocenters. The number of aliphatic carboxylic acids is 1. The van der Waals surface area contributed by atoms with Crippen LogP contribution in [0.3, 0.4) is 0 Å². The van der Waals surface area contributed by atoms with Crippen LogP contribution >= 0.6 is 0 Å². The normalized spacial score (nSPS) is 14.1. The van der Waals surface area contributed by atoms with Gasteiger partial charge < -0.3 is 31.4 Å². The van der Waals surface area contributed by atoms with Crippen molar-refractivity contribution in [3.05, 3.63) is 252 Å². The third kappa shape index (κ3) is 32.1. The maximum atomic E-state index is 12.5. The summed E-state index contributed by atoms with van der Waals surface area (Å²) >= 11 is 0. The van der Waals surface area contributed by atoms with Gasteiger partial charge in [0.25, 0.3) is 10.1 Å². The zero-order valence-electron chi connectivity index (χ0n) is 61.1. The molecule has 0 aliphatic heterocycles. The molecule has 0 spiro atoms. The van der Waals surface area contributed by atoms with Gasteiger partial charge in [0.1, 0.15) is 19.6 Å². The highest BCUT2D eigenvalue weighted by Crippen LogP contribution is 2.41. The van der Waals surface area contributed by atoms with Gasteiger partial charge in [-0.25, -0.2) is 22.1 Å². The molecule has 0 saturated heterocycles. The van der Waals surface area contributed by atoms with E-state index >= 15 is 0 Å². The molecule has 102 heavy (non-hydrogen) atoms. The number of ether oxygens (including phenoxy) is 1. The minimum Gasteiger partial charge on any atom is -1.00 e. The van der Waals surface area contributed by atoms with Crippen LogP contribution in [0.5, 0.6) is 0 Å². The first-order valence-electron chi connectivity index (χ1n) is 36.7. The Morgan fingerprint density at radius 1 is 0.431 bits per heavy atom. The summed E-state index contributed by atoms with van der Waals surface area (Å²) in [5, 5.41) is 8.77. The number of pyridine rings is 6. The van der Waals surface area contributed by atoms with Crippen molar-refractivity contribution in [2.75, 3.05) is 18.1 Å². The van der Waals surface area contributed by atoms with E-state index in [2.05, 4.69) is 195 Å². The number of esters is 1. The van der Waals surface area contributed by atoms with Crippen molar-refractivity contribution in [3.63, 3.8) is 0 Å². The SMILES string of the molecule is CCC(CC(CC(C)c1ccccc1)c1ccncc1)c1cc[n+](CCCCCC(=O)O)cc1.CCC(CC(CC(C)c1ccccc1)c1ccncc1)c1cc[n+](CCCS(=O)(=O)[O-])cc1.CCCCOC(=O)C(C)CC(CC(CC)c1cc[n+](CCCS(=O)(=O)O)cc1)c1ccncc1.[Br-]. The first-order valence-corrected chi connectivity index (χ1v) is 39.9. The number of hydrogen-bond acceptors (Lipinski definition) is 11. The van der Waals surface area contributed by atoms with Crippen LogP contribution in [0.1, 0.15) is 249 Å². The number of carboxylic acid groups (broad SMARTS) is 1. The van der Waals surface area contributed by atoms with E-state index in [0.717, 1.165) is 90.0 Å². The van der Waals surface area contributed by atoms with E-state index < -0.39 is 26.2 Å². The number of carbonyl (C=O) groups is 2. The summed E-state index contributed by atoms with van der Waals surface area (Å²) in [6, 6.07) is 47.2. The Kier molecular flexibility index (Phi) is 38.7. The van der Waals surface area contributed by atoms with Crippen LogP contribution < -0.4 is 30.7 Å². The molecule has 0 aliphatic carbocycles. The Hall–Kier alpha value is -7.42. The highest BCUT2D eigenvalue weighted by atomic mass is 79.9. The average Bonchev–Trinajstić information content (AvgIpc) is 0.854. The van der Waals surface area contributed by atoms with Gasteiger partial charge in [-0.15, -0.1) is 0 Å². The second kappa shape index (κ2) is 46.3. The van der Waals surface area contributed by atoms with Crippen molar-refractivity contribution in [1.82, 2.24) is 15.0 Å². The number of benzene rings is 2. The highest BCUT2D eigenvalue weighted by molar-refractivity contribution is 7.85. The molecule has 552 valence electrons. The number of nitrogens with zero attached hydrogens (tertiary/aromatic N) is 6. The summed E-state index contributed by atoms with van der Waals surface area (Å²) in [5.41, 5.74) is 10.6. The Labute approximate surface area is 620 Å². The van der Waals surface area contributed by atoms with Gasteiger partial charge in [0.2, 0.25) is 0 Å². The molecular weight excluding hydrogens is 1380 g/mol. The van der Waals surface area contributed by atoms with E-state index in [-0.39, 0.29) is 52.7 Å². The fourth-order valence-electron chi connectivity index (χ4n) is 13.6. The maximum Gasteiger partial charge on any atom is 0.308 e. The number of aryl methyl sites for hydroxylation is 3. The topological polar surface area (TPSA) is 225 Å². The summed E-state index contributed by atoms with van der Waals surface area (Å²) in [5.74, 6) is 1.69. The Morgan fingerprint density at radius 3 is 1.11 bits per heavy atom. The van der Waals surface area contributed by atoms with Crippen molar-refractivity contribution >= 4 is 32.2 Å². The van der Waals surface area contributed by atoms with E-state index in [0.29, 0.717) is 80.4 Å². The number of aromatic nitrogens is 6. The molecule has 8 aromatic rings. The van der Waals surface area contributed by atoms with Gasteiger partial charge in [-0.1, -0.05) is 116 Å². The van der Waals surface area contributed by atoms with Gasteiger partial charge >= 0.3 is 11.9 Å². The Bertz CT molecular complexity index is 3820. The zero-order chi connectivity index (χ0) is 72.8. The van der Waals surface area contributed by atoms with Gasteiger partial charge in [0, 0.05) is 105 Å². The van der Waals surface area contributed by atoms with Gasteiger partial charge in [-0.2, -0.15) is 8.42 Å². The monoisotopic (exact) mass is 1500 g/mol. The third-order valence-corrected chi connectivity index (χ3v) is 21.2. The molecule has 6 heterocycles. The predicted octanol–water partition coefficient (Wildman–Crippen LogP) is 13.7. The average molecular weight is 1500 g/mol. The third-order valence-electron chi connectivity index (χ3n) is 19.6. The van der Waals surface area contributed by atoms with E-state index in [1.165, 1.54) is 44.5 Å². The predicted molar refractivity (Wildman–Crippen MR) is 399 cm³/mol. The molecule has 9 unspecified atom stereocenters. The minimum absolute atomic E-state index is 0. The van der Waals surface area contributed by atoms with Crippen molar-refractivity contribution < 1.29 is 76.1 Å². The largest absolute Gasteiger partial charge is 1.00 e. The number of carbonyl (C=O) groups excluding carboxylic acids is 1. The van der Waals surface area contributed by atoms with Crippen LogP contribution in [-0.4, -0.2) is 76.1 Å². The van der Waals surface area contributed by atoms with Crippen molar-refractivity contribution in [2.24, 2.45) is 5.92 Å². The molecule has 2 aromatic carbocycles. The summed E-state index contributed by atoms with van der Waals surface area (Å²) in [6.45, 7) is 17.8. The zero-order valence-corrected chi connectivity index (χ0v) is 64.3. The molecule has 0 radical (unpaired) electrons. The number of rotatable bonds is 41. The first kappa shape index (κ1) is 85.2. The standard InChI is InChI=1S/C30H38N2O2.C27H34N2O3S.C26H38N2O5S.BrH/c1-3-25(28-15-20-32(21-16-28)19-9-5-8-12-30(33)34)23-29(27-13-17-31-18-14-27)22-24(2)26-10-6-4-7-11-26;1-3-23(26-12-17-29(18-13-26)16-7-19-33(30,31)32)21-27(25-10-14-28-15-11-25)20-22(2)24-8-5-4-6-9-24;1-4-6-17-33-26(29)21(3)19-25(23-8-12-27-13-9-23)20-22(5-2)24-10-15-28(16-11-24)14-7-18-34(30,31)32;/h4,6-7,10-11,13-18,20-21,24-25,29H,3,5,8-9,12,19,22-23H2,1-2H3;4-6,8-15,17-18,22-23,27H,3,7,16,19-21H2,1-2H3;8-13,15-16,21-22,25H,4-7,14,17-20H2,1-3H3;1H/p+1. The van der Waals surface area contributed by atoms with Gasteiger partial charge in [-0.3, -0.25) is 29.1 Å². The molecular formula is C83H112BrN6O10S2+. The summed E-state index contributed by atoms with van der Waals surface area (Å²) in [6.07, 6.45) is 38.1. The molecule has 8 rings (SSSR count).